The van der Waals surface area contributed by atoms with Crippen molar-refractivity contribution >= 4 is 57.8 Å². The van der Waals surface area contributed by atoms with Gasteiger partial charge in [-0.2, -0.15) is 0 Å². The van der Waals surface area contributed by atoms with Crippen LogP contribution in [0.4, 0.5) is 5.69 Å². The topological polar surface area (TPSA) is 114 Å². The van der Waals surface area contributed by atoms with Gasteiger partial charge in [-0.3, -0.25) is 4.79 Å². The second kappa shape index (κ2) is 11.6. The number of anilines is 1. The van der Waals surface area contributed by atoms with Crippen molar-refractivity contribution in [1.82, 2.24) is 9.71 Å². The number of carbonyl (C=O) groups excluding carboxylic acids is 1. The lowest BCUT2D eigenvalue weighted by Crippen LogP contribution is -2.29. The number of amides is 1. The molecule has 152 valence electrons. The number of hydrogen-bond acceptors (Lipinski definition) is 6. The summed E-state index contributed by atoms with van der Waals surface area (Å²) < 4.78 is 26.6. The van der Waals surface area contributed by atoms with Gasteiger partial charge in [0.25, 0.3) is 5.91 Å². The third kappa shape index (κ3) is 7.73. The summed E-state index contributed by atoms with van der Waals surface area (Å²) in [7, 11) is -3.65. The standard InChI is InChI=1S/C16H22N4O3S2.2ClH/c1-11(2)8-15-20-14(10-24-15)16(21)19-12-4-3-5-13(9-12)25(22,23)18-7-6-17;;/h3-5,9-11,18H,6-8,17H2,1-2H3,(H,19,21);2*1H. The van der Waals surface area contributed by atoms with Crippen molar-refractivity contribution in [3.8, 4) is 0 Å². The van der Waals surface area contributed by atoms with Crippen LogP contribution in [0.5, 0.6) is 0 Å². The van der Waals surface area contributed by atoms with Crippen molar-refractivity contribution in [3.63, 3.8) is 0 Å². The number of hydrogen-bond donors (Lipinski definition) is 3. The number of carbonyl (C=O) groups is 1. The Morgan fingerprint density at radius 1 is 1.30 bits per heavy atom. The minimum absolute atomic E-state index is 0. The van der Waals surface area contributed by atoms with E-state index in [1.165, 1.54) is 23.5 Å². The number of nitrogens with two attached hydrogens (primary N) is 1. The molecule has 0 atom stereocenters. The third-order valence-electron chi connectivity index (χ3n) is 3.21. The Balaban J connectivity index is 0.00000338. The van der Waals surface area contributed by atoms with Crippen LogP contribution in [0.3, 0.4) is 0 Å². The molecule has 0 saturated carbocycles. The first kappa shape index (κ1) is 25.8. The van der Waals surface area contributed by atoms with E-state index in [4.69, 9.17) is 5.73 Å². The van der Waals surface area contributed by atoms with Gasteiger partial charge < -0.3 is 11.1 Å². The Morgan fingerprint density at radius 2 is 2.00 bits per heavy atom. The average Bonchev–Trinajstić information content (AvgIpc) is 3.01. The van der Waals surface area contributed by atoms with E-state index in [1.54, 1.807) is 17.5 Å². The van der Waals surface area contributed by atoms with E-state index in [-0.39, 0.29) is 48.7 Å². The fourth-order valence-corrected chi connectivity index (χ4v) is 4.15. The quantitative estimate of drug-likeness (QED) is 0.566. The van der Waals surface area contributed by atoms with E-state index in [1.807, 2.05) is 0 Å². The molecule has 0 aliphatic carbocycles. The lowest BCUT2D eigenvalue weighted by Gasteiger charge is -2.08. The van der Waals surface area contributed by atoms with Crippen molar-refractivity contribution < 1.29 is 13.2 Å². The predicted molar refractivity (Wildman–Crippen MR) is 114 cm³/mol. The Kier molecular flexibility index (Phi) is 11.0. The Labute approximate surface area is 176 Å². The summed E-state index contributed by atoms with van der Waals surface area (Å²) in [4.78, 5) is 16.7. The molecule has 0 aliphatic heterocycles. The molecule has 1 heterocycles. The minimum atomic E-state index is -3.65. The van der Waals surface area contributed by atoms with Crippen molar-refractivity contribution in [1.29, 1.82) is 0 Å². The SMILES string of the molecule is CC(C)Cc1nc(C(=O)Nc2cccc(S(=O)(=O)NCCN)c2)cs1.Cl.Cl. The molecule has 2 rings (SSSR count). The Hall–Kier alpha value is -1.23. The normalized spacial score (nSPS) is 10.8. The molecule has 1 amide bonds. The monoisotopic (exact) mass is 454 g/mol. The van der Waals surface area contributed by atoms with Gasteiger partial charge in [-0.15, -0.1) is 36.2 Å². The maximum absolute atomic E-state index is 12.3. The molecule has 0 unspecified atom stereocenters. The lowest BCUT2D eigenvalue weighted by molar-refractivity contribution is 0.102. The van der Waals surface area contributed by atoms with E-state index < -0.39 is 10.0 Å². The fourth-order valence-electron chi connectivity index (χ4n) is 2.07. The number of thiazole rings is 1. The molecule has 4 N–H and O–H groups in total. The molecule has 0 aliphatic rings. The summed E-state index contributed by atoms with van der Waals surface area (Å²) in [5.74, 6) is 0.0979. The van der Waals surface area contributed by atoms with Crippen molar-refractivity contribution in [2.24, 2.45) is 11.7 Å². The maximum Gasteiger partial charge on any atom is 0.275 e. The Bertz CT molecular complexity index is 842. The Morgan fingerprint density at radius 3 is 2.63 bits per heavy atom. The van der Waals surface area contributed by atoms with Crippen LogP contribution in [-0.2, 0) is 16.4 Å². The summed E-state index contributed by atoms with van der Waals surface area (Å²) in [5, 5.41) is 5.29. The maximum atomic E-state index is 12.3. The summed E-state index contributed by atoms with van der Waals surface area (Å²) in [5.41, 5.74) is 6.03. The third-order valence-corrected chi connectivity index (χ3v) is 5.54. The largest absolute Gasteiger partial charge is 0.329 e. The van der Waals surface area contributed by atoms with Crippen LogP contribution in [0.15, 0.2) is 34.5 Å². The fraction of sp³-hybridized carbons (Fsp3) is 0.375. The van der Waals surface area contributed by atoms with Crippen LogP contribution in [-0.4, -0.2) is 32.4 Å². The highest BCUT2D eigenvalue weighted by atomic mass is 35.5. The summed E-state index contributed by atoms with van der Waals surface area (Å²) in [6.45, 7) is 4.53. The van der Waals surface area contributed by atoms with E-state index in [0.717, 1.165) is 11.4 Å². The zero-order valence-electron chi connectivity index (χ0n) is 15.0. The molecule has 0 bridgehead atoms. The number of nitrogens with one attached hydrogen (secondary N) is 2. The summed E-state index contributed by atoms with van der Waals surface area (Å²) in [6, 6.07) is 6.05. The second-order valence-electron chi connectivity index (χ2n) is 5.89. The zero-order valence-corrected chi connectivity index (χ0v) is 18.2. The van der Waals surface area contributed by atoms with Crippen LogP contribution in [0.1, 0.15) is 29.3 Å². The van der Waals surface area contributed by atoms with Gasteiger partial charge in [0.1, 0.15) is 5.69 Å². The minimum Gasteiger partial charge on any atom is -0.329 e. The van der Waals surface area contributed by atoms with E-state index >= 15 is 0 Å². The van der Waals surface area contributed by atoms with Crippen LogP contribution >= 0.6 is 36.2 Å². The first-order valence-corrected chi connectivity index (χ1v) is 10.2. The number of nitrogens with zero attached hydrogens (tertiary/aromatic N) is 1. The van der Waals surface area contributed by atoms with Gasteiger partial charge in [0.2, 0.25) is 10.0 Å². The molecular weight excluding hydrogens is 431 g/mol. The van der Waals surface area contributed by atoms with Crippen LogP contribution in [0.2, 0.25) is 0 Å². The van der Waals surface area contributed by atoms with Gasteiger partial charge in [0, 0.05) is 30.6 Å². The highest BCUT2D eigenvalue weighted by molar-refractivity contribution is 7.89. The number of benzene rings is 1. The highest BCUT2D eigenvalue weighted by Crippen LogP contribution is 2.18. The van der Waals surface area contributed by atoms with Crippen LogP contribution in [0, 0.1) is 5.92 Å². The molecule has 11 heteroatoms. The van der Waals surface area contributed by atoms with E-state index in [2.05, 4.69) is 28.9 Å². The average molecular weight is 455 g/mol. The molecule has 0 spiro atoms. The molecule has 0 radical (unpaired) electrons. The van der Waals surface area contributed by atoms with Crippen molar-refractivity contribution in [2.75, 3.05) is 18.4 Å². The molecule has 0 saturated heterocycles. The summed E-state index contributed by atoms with van der Waals surface area (Å²) in [6.07, 6.45) is 0.818. The number of halogens is 2. The highest BCUT2D eigenvalue weighted by Gasteiger charge is 2.16. The number of sulfonamides is 1. The molecule has 27 heavy (non-hydrogen) atoms. The predicted octanol–water partition coefficient (Wildman–Crippen LogP) is 2.67. The van der Waals surface area contributed by atoms with Gasteiger partial charge in [-0.05, 0) is 24.1 Å². The molecule has 1 aromatic carbocycles. The van der Waals surface area contributed by atoms with Gasteiger partial charge in [0.05, 0.1) is 9.90 Å². The number of rotatable bonds is 8. The summed E-state index contributed by atoms with van der Waals surface area (Å²) >= 11 is 1.44. The van der Waals surface area contributed by atoms with Crippen LogP contribution in [0.25, 0.3) is 0 Å². The molecule has 2 aromatic rings. The first-order valence-electron chi connectivity index (χ1n) is 7.87. The van der Waals surface area contributed by atoms with Gasteiger partial charge in [-0.25, -0.2) is 18.1 Å². The van der Waals surface area contributed by atoms with Crippen molar-refractivity contribution in [3.05, 3.63) is 40.3 Å². The van der Waals surface area contributed by atoms with Crippen LogP contribution < -0.4 is 15.8 Å². The second-order valence-corrected chi connectivity index (χ2v) is 8.60. The van der Waals surface area contributed by atoms with Gasteiger partial charge in [0.15, 0.2) is 0 Å². The van der Waals surface area contributed by atoms with E-state index in [0.29, 0.717) is 17.3 Å². The smallest absolute Gasteiger partial charge is 0.275 e. The molecule has 1 aromatic heterocycles. The van der Waals surface area contributed by atoms with E-state index in [9.17, 15) is 13.2 Å². The van der Waals surface area contributed by atoms with Gasteiger partial charge >= 0.3 is 0 Å². The van der Waals surface area contributed by atoms with Gasteiger partial charge in [-0.1, -0.05) is 19.9 Å². The molecule has 7 nitrogen and oxygen atoms in total. The first-order chi connectivity index (χ1) is 11.8. The zero-order chi connectivity index (χ0) is 18.4. The molecule has 0 fully saturated rings. The van der Waals surface area contributed by atoms with Crippen molar-refractivity contribution in [2.45, 2.75) is 25.2 Å². The molecular formula is C16H24Cl2N4O3S2. The number of aromatic nitrogens is 1. The lowest BCUT2D eigenvalue weighted by atomic mass is 10.1.